The van der Waals surface area contributed by atoms with Crippen molar-refractivity contribution in [3.05, 3.63) is 42.5 Å². The molecule has 2 aromatic rings. The Hall–Kier alpha value is -2.30. The van der Waals surface area contributed by atoms with E-state index >= 15 is 0 Å². The van der Waals surface area contributed by atoms with Crippen LogP contribution < -0.4 is 9.30 Å². The van der Waals surface area contributed by atoms with Crippen LogP contribution in [0.2, 0.25) is 0 Å². The smallest absolute Gasteiger partial charge is 0.308 e. The zero-order valence-corrected chi connectivity index (χ0v) is 9.74. The first kappa shape index (κ1) is 11.2. The van der Waals surface area contributed by atoms with Crippen LogP contribution in [0.15, 0.2) is 41.8 Å². The average Bonchev–Trinajstić information content (AvgIpc) is 2.72. The van der Waals surface area contributed by atoms with Gasteiger partial charge in [0.2, 0.25) is 0 Å². The fraction of sp³-hybridized carbons (Fsp3) is 0.167. The molecule has 2 rings (SSSR count). The molecule has 1 heterocycles. The number of aromatic nitrogens is 2. The molecule has 0 aliphatic heterocycles. The first-order chi connectivity index (χ1) is 8.26. The van der Waals surface area contributed by atoms with E-state index in [4.69, 9.17) is 9.94 Å². The van der Waals surface area contributed by atoms with Gasteiger partial charge in [0, 0.05) is 0 Å². The number of rotatable bonds is 3. The Morgan fingerprint density at radius 2 is 2.06 bits per heavy atom. The predicted molar refractivity (Wildman–Crippen MR) is 62.9 cm³/mol. The third-order valence-electron chi connectivity index (χ3n) is 2.57. The molecule has 0 aliphatic rings. The van der Waals surface area contributed by atoms with Crippen LogP contribution in [-0.4, -0.2) is 23.1 Å². The molecule has 0 fully saturated rings. The van der Waals surface area contributed by atoms with Gasteiger partial charge in [-0.05, 0) is 24.3 Å². The highest BCUT2D eigenvalue weighted by Crippen LogP contribution is 2.15. The molecule has 0 bridgehead atoms. The van der Waals surface area contributed by atoms with Crippen molar-refractivity contribution in [3.63, 3.8) is 0 Å². The van der Waals surface area contributed by atoms with Crippen LogP contribution in [0.4, 0.5) is 0 Å². The highest BCUT2D eigenvalue weighted by atomic mass is 16.5. The Balaban J connectivity index is 2.45. The van der Waals surface area contributed by atoms with Gasteiger partial charge in [0.05, 0.1) is 14.2 Å². The fourth-order valence-electron chi connectivity index (χ4n) is 1.66. The van der Waals surface area contributed by atoms with Crippen molar-refractivity contribution in [1.29, 1.82) is 0 Å². The number of ether oxygens (including phenoxy) is 1. The van der Waals surface area contributed by atoms with Gasteiger partial charge in [0.25, 0.3) is 0 Å². The van der Waals surface area contributed by atoms with Crippen molar-refractivity contribution in [2.75, 3.05) is 7.11 Å². The second-order valence-electron chi connectivity index (χ2n) is 3.58. The van der Waals surface area contributed by atoms with Crippen LogP contribution in [0.3, 0.4) is 0 Å². The summed E-state index contributed by atoms with van der Waals surface area (Å²) in [5, 5.41) is 11.7. The molecule has 17 heavy (non-hydrogen) atoms. The van der Waals surface area contributed by atoms with E-state index in [2.05, 4.69) is 5.16 Å². The van der Waals surface area contributed by atoms with Crippen LogP contribution in [0, 0.1) is 0 Å². The Kier molecular flexibility index (Phi) is 3.09. The molecule has 0 spiro atoms. The molecule has 1 aromatic carbocycles. The van der Waals surface area contributed by atoms with E-state index < -0.39 is 0 Å². The minimum atomic E-state index is 0.776. The van der Waals surface area contributed by atoms with Crippen LogP contribution in [-0.2, 0) is 7.05 Å². The quantitative estimate of drug-likeness (QED) is 0.373. The summed E-state index contributed by atoms with van der Waals surface area (Å²) in [5.74, 6) is 1.58. The number of benzene rings is 1. The minimum absolute atomic E-state index is 0.776. The standard InChI is InChI=1S/C12H13N3O2/c1-14-7-8-15(12(14)9-13-16)10-3-5-11(17-2)6-4-10/h3-9H,1-2H3/p+1. The van der Waals surface area contributed by atoms with Crippen LogP contribution >= 0.6 is 0 Å². The SMILES string of the molecule is COc1ccc(-n2cc[n+](C)c2/C=N\O)cc1. The van der Waals surface area contributed by atoms with Gasteiger partial charge in [-0.15, -0.1) is 0 Å². The first-order valence-electron chi connectivity index (χ1n) is 5.15. The lowest BCUT2D eigenvalue weighted by molar-refractivity contribution is -0.671. The number of nitrogens with zero attached hydrogens (tertiary/aromatic N) is 3. The highest BCUT2D eigenvalue weighted by molar-refractivity contribution is 5.73. The molecule has 0 atom stereocenters. The van der Waals surface area contributed by atoms with Crippen molar-refractivity contribution in [2.24, 2.45) is 12.2 Å². The second kappa shape index (κ2) is 4.69. The van der Waals surface area contributed by atoms with Crippen molar-refractivity contribution < 1.29 is 14.5 Å². The van der Waals surface area contributed by atoms with Gasteiger partial charge in [0.1, 0.15) is 23.8 Å². The second-order valence-corrected chi connectivity index (χ2v) is 3.58. The summed E-state index contributed by atoms with van der Waals surface area (Å²) in [6, 6.07) is 7.64. The molecule has 1 aromatic heterocycles. The van der Waals surface area contributed by atoms with Crippen LogP contribution in [0.1, 0.15) is 5.82 Å². The fourth-order valence-corrected chi connectivity index (χ4v) is 1.66. The van der Waals surface area contributed by atoms with Gasteiger partial charge < -0.3 is 9.94 Å². The van der Waals surface area contributed by atoms with Gasteiger partial charge in [-0.1, -0.05) is 5.16 Å². The van der Waals surface area contributed by atoms with Gasteiger partial charge in [-0.3, -0.25) is 0 Å². The number of hydrogen-bond acceptors (Lipinski definition) is 3. The minimum Gasteiger partial charge on any atom is -0.497 e. The Bertz CT molecular complexity index is 529. The largest absolute Gasteiger partial charge is 0.497 e. The molecule has 0 saturated carbocycles. The third kappa shape index (κ3) is 2.13. The Labute approximate surface area is 99.2 Å². The van der Waals surface area contributed by atoms with E-state index in [1.165, 1.54) is 6.21 Å². The summed E-state index contributed by atoms with van der Waals surface area (Å²) >= 11 is 0. The summed E-state index contributed by atoms with van der Waals surface area (Å²) in [6.07, 6.45) is 5.18. The maximum atomic E-state index is 8.64. The molecule has 5 heteroatoms. The van der Waals surface area contributed by atoms with Gasteiger partial charge in [-0.2, -0.15) is 4.57 Å². The highest BCUT2D eigenvalue weighted by Gasteiger charge is 2.14. The third-order valence-corrected chi connectivity index (χ3v) is 2.57. The number of methoxy groups -OCH3 is 1. The summed E-state index contributed by atoms with van der Waals surface area (Å²) < 4.78 is 8.89. The van der Waals surface area contributed by atoms with E-state index in [-0.39, 0.29) is 0 Å². The van der Waals surface area contributed by atoms with Crippen molar-refractivity contribution >= 4 is 6.21 Å². The number of aryl methyl sites for hydroxylation is 1. The maximum absolute atomic E-state index is 8.64. The Morgan fingerprint density at radius 1 is 1.35 bits per heavy atom. The molecule has 0 unspecified atom stereocenters. The summed E-state index contributed by atoms with van der Waals surface area (Å²) in [7, 11) is 3.52. The zero-order chi connectivity index (χ0) is 12.3. The average molecular weight is 232 g/mol. The van der Waals surface area contributed by atoms with E-state index in [0.717, 1.165) is 17.3 Å². The molecular weight excluding hydrogens is 218 g/mol. The van der Waals surface area contributed by atoms with Crippen molar-refractivity contribution in [3.8, 4) is 11.4 Å². The van der Waals surface area contributed by atoms with E-state index in [1.807, 2.05) is 52.8 Å². The van der Waals surface area contributed by atoms with Crippen molar-refractivity contribution in [2.45, 2.75) is 0 Å². The van der Waals surface area contributed by atoms with Gasteiger partial charge >= 0.3 is 5.82 Å². The number of hydrogen-bond donors (Lipinski definition) is 1. The Morgan fingerprint density at radius 3 is 2.65 bits per heavy atom. The molecule has 1 N–H and O–H groups in total. The predicted octanol–water partition coefficient (Wildman–Crippen LogP) is 1.12. The van der Waals surface area contributed by atoms with E-state index in [9.17, 15) is 0 Å². The van der Waals surface area contributed by atoms with Crippen molar-refractivity contribution in [1.82, 2.24) is 4.57 Å². The van der Waals surface area contributed by atoms with E-state index in [0.29, 0.717) is 0 Å². The number of imidazole rings is 1. The topological polar surface area (TPSA) is 50.6 Å². The normalized spacial score (nSPS) is 10.9. The monoisotopic (exact) mass is 232 g/mol. The molecule has 0 radical (unpaired) electrons. The summed E-state index contributed by atoms with van der Waals surface area (Å²) in [6.45, 7) is 0. The molecule has 0 saturated heterocycles. The molecular formula is C12H14N3O2+. The first-order valence-corrected chi connectivity index (χ1v) is 5.15. The van der Waals surface area contributed by atoms with Gasteiger partial charge in [-0.25, -0.2) is 4.57 Å². The molecule has 0 amide bonds. The molecule has 5 nitrogen and oxygen atoms in total. The summed E-state index contributed by atoms with van der Waals surface area (Å²) in [4.78, 5) is 0. The van der Waals surface area contributed by atoms with Gasteiger partial charge in [0.15, 0.2) is 6.21 Å². The zero-order valence-electron chi connectivity index (χ0n) is 9.74. The maximum Gasteiger partial charge on any atom is 0.308 e. The molecule has 88 valence electrons. The van der Waals surface area contributed by atoms with Crippen LogP contribution in [0.5, 0.6) is 5.75 Å². The van der Waals surface area contributed by atoms with E-state index in [1.54, 1.807) is 7.11 Å². The molecule has 0 aliphatic carbocycles. The lowest BCUT2D eigenvalue weighted by atomic mass is 10.3. The lowest BCUT2D eigenvalue weighted by Gasteiger charge is -2.01. The summed E-state index contributed by atoms with van der Waals surface area (Å²) in [5.41, 5.74) is 0.973. The van der Waals surface area contributed by atoms with Crippen LogP contribution in [0.25, 0.3) is 5.69 Å². The number of oxime groups is 1. The lowest BCUT2D eigenvalue weighted by Crippen LogP contribution is -2.31.